The zero-order valence-electron chi connectivity index (χ0n) is 11.5. The van der Waals surface area contributed by atoms with E-state index in [0.29, 0.717) is 24.8 Å². The van der Waals surface area contributed by atoms with E-state index < -0.39 is 5.97 Å². The predicted molar refractivity (Wildman–Crippen MR) is 74.9 cm³/mol. The first-order chi connectivity index (χ1) is 9.61. The van der Waals surface area contributed by atoms with Gasteiger partial charge in [-0.15, -0.1) is 0 Å². The highest BCUT2D eigenvalue weighted by molar-refractivity contribution is 5.93. The first kappa shape index (κ1) is 14.3. The van der Waals surface area contributed by atoms with Crippen molar-refractivity contribution in [2.24, 2.45) is 0 Å². The number of carbonyl (C=O) groups excluding carboxylic acids is 1. The largest absolute Gasteiger partial charge is 0.481 e. The lowest BCUT2D eigenvalue weighted by Gasteiger charge is -2.24. The van der Waals surface area contributed by atoms with Gasteiger partial charge in [-0.25, -0.2) is 0 Å². The average molecular weight is 277 g/mol. The molecule has 20 heavy (non-hydrogen) atoms. The van der Waals surface area contributed by atoms with Crippen molar-refractivity contribution in [1.29, 1.82) is 0 Å². The zero-order valence-corrected chi connectivity index (χ0v) is 11.5. The van der Waals surface area contributed by atoms with Crippen LogP contribution in [0.3, 0.4) is 0 Å². The smallest absolute Gasteiger partial charge is 0.305 e. The highest BCUT2D eigenvalue weighted by Crippen LogP contribution is 2.31. The maximum atomic E-state index is 11.8. The fourth-order valence-corrected chi connectivity index (χ4v) is 2.10. The first-order valence-electron chi connectivity index (χ1n) is 6.84. The van der Waals surface area contributed by atoms with Gasteiger partial charge in [0.15, 0.2) is 0 Å². The summed E-state index contributed by atoms with van der Waals surface area (Å²) >= 11 is 0. The molecule has 1 amide bonds. The number of carboxylic acids is 1. The topological polar surface area (TPSA) is 82.5 Å². The third kappa shape index (κ3) is 3.69. The number of nitrogens with one attached hydrogen (secondary N) is 1. The minimum Gasteiger partial charge on any atom is -0.481 e. The van der Waals surface area contributed by atoms with Crippen molar-refractivity contribution < 1.29 is 14.7 Å². The third-order valence-electron chi connectivity index (χ3n) is 3.20. The van der Waals surface area contributed by atoms with E-state index in [1.165, 1.54) is 0 Å². The molecular formula is C14H19N3O3. The number of aromatic nitrogens is 1. The van der Waals surface area contributed by atoms with Crippen molar-refractivity contribution in [3.05, 3.63) is 24.0 Å². The number of nitrogens with zero attached hydrogens (tertiary/aromatic N) is 2. The van der Waals surface area contributed by atoms with Crippen molar-refractivity contribution in [3.63, 3.8) is 0 Å². The Hall–Kier alpha value is -2.11. The quantitative estimate of drug-likeness (QED) is 0.784. The van der Waals surface area contributed by atoms with Crippen LogP contribution < -0.4 is 10.2 Å². The first-order valence-corrected chi connectivity index (χ1v) is 6.84. The summed E-state index contributed by atoms with van der Waals surface area (Å²) < 4.78 is 0. The van der Waals surface area contributed by atoms with E-state index in [9.17, 15) is 9.59 Å². The summed E-state index contributed by atoms with van der Waals surface area (Å²) in [6, 6.07) is 3.94. The second-order valence-electron chi connectivity index (χ2n) is 4.83. The van der Waals surface area contributed by atoms with Gasteiger partial charge in [0.25, 0.3) is 5.91 Å². The third-order valence-corrected chi connectivity index (χ3v) is 3.20. The summed E-state index contributed by atoms with van der Waals surface area (Å²) in [5.41, 5.74) is 1.23. The van der Waals surface area contributed by atoms with Crippen LogP contribution in [0.25, 0.3) is 0 Å². The number of rotatable bonds is 7. The molecule has 1 fully saturated rings. The van der Waals surface area contributed by atoms with Gasteiger partial charge < -0.3 is 15.3 Å². The molecule has 1 aliphatic carbocycles. The van der Waals surface area contributed by atoms with Gasteiger partial charge in [-0.1, -0.05) is 0 Å². The minimum absolute atomic E-state index is 0.0926. The van der Waals surface area contributed by atoms with Crippen molar-refractivity contribution in [1.82, 2.24) is 10.3 Å². The van der Waals surface area contributed by atoms with Gasteiger partial charge in [0.2, 0.25) is 0 Å². The summed E-state index contributed by atoms with van der Waals surface area (Å²) in [4.78, 5) is 28.6. The van der Waals surface area contributed by atoms with Gasteiger partial charge in [-0.2, -0.15) is 0 Å². The van der Waals surface area contributed by atoms with E-state index in [-0.39, 0.29) is 12.3 Å². The van der Waals surface area contributed by atoms with Crippen LogP contribution >= 0.6 is 0 Å². The summed E-state index contributed by atoms with van der Waals surface area (Å²) in [7, 11) is 0. The Kier molecular flexibility index (Phi) is 4.55. The zero-order chi connectivity index (χ0) is 14.5. The Labute approximate surface area is 117 Å². The number of anilines is 1. The van der Waals surface area contributed by atoms with Crippen molar-refractivity contribution in [3.8, 4) is 0 Å². The molecule has 1 aromatic rings. The van der Waals surface area contributed by atoms with Crippen molar-refractivity contribution >= 4 is 17.6 Å². The van der Waals surface area contributed by atoms with Crippen LogP contribution in [0.1, 0.15) is 36.7 Å². The fraction of sp³-hybridized carbons (Fsp3) is 0.500. The number of amides is 1. The van der Waals surface area contributed by atoms with Crippen LogP contribution in [0.4, 0.5) is 5.69 Å². The number of aliphatic carboxylic acids is 1. The van der Waals surface area contributed by atoms with Gasteiger partial charge in [-0.3, -0.25) is 14.6 Å². The maximum absolute atomic E-state index is 11.8. The van der Waals surface area contributed by atoms with Crippen molar-refractivity contribution in [2.75, 3.05) is 18.0 Å². The van der Waals surface area contributed by atoms with Crippen LogP contribution in [0.5, 0.6) is 0 Å². The second-order valence-corrected chi connectivity index (χ2v) is 4.83. The molecule has 0 aliphatic heterocycles. The molecule has 0 spiro atoms. The Balaban J connectivity index is 2.14. The maximum Gasteiger partial charge on any atom is 0.305 e. The van der Waals surface area contributed by atoms with Crippen LogP contribution in [0.15, 0.2) is 18.3 Å². The monoisotopic (exact) mass is 277 g/mol. The highest BCUT2D eigenvalue weighted by atomic mass is 16.4. The van der Waals surface area contributed by atoms with Crippen molar-refractivity contribution in [2.45, 2.75) is 32.2 Å². The second kappa shape index (κ2) is 6.36. The summed E-state index contributed by atoms with van der Waals surface area (Å²) in [5.74, 6) is -1.02. The molecule has 0 aromatic carbocycles. The van der Waals surface area contributed by atoms with Crippen LogP contribution in [0, 0.1) is 0 Å². The molecule has 2 rings (SSSR count). The number of carbonyl (C=O) groups is 2. The minimum atomic E-state index is -0.811. The van der Waals surface area contributed by atoms with Gasteiger partial charge in [0.05, 0.1) is 6.42 Å². The molecule has 1 saturated carbocycles. The molecule has 0 saturated heterocycles. The Morgan fingerprint density at radius 2 is 2.25 bits per heavy atom. The van der Waals surface area contributed by atoms with E-state index in [0.717, 1.165) is 18.5 Å². The molecule has 0 atom stereocenters. The molecular weight excluding hydrogens is 258 g/mol. The lowest BCUT2D eigenvalue weighted by Crippen LogP contribution is -2.29. The van der Waals surface area contributed by atoms with Gasteiger partial charge in [0, 0.05) is 31.0 Å². The Morgan fingerprint density at radius 1 is 1.50 bits per heavy atom. The molecule has 6 heteroatoms. The number of hydrogen-bond donors (Lipinski definition) is 2. The highest BCUT2D eigenvalue weighted by Gasteiger charge is 2.29. The molecule has 1 aromatic heterocycles. The molecule has 0 radical (unpaired) electrons. The Morgan fingerprint density at radius 3 is 2.85 bits per heavy atom. The standard InChI is InChI=1S/C14H19N3O3/c1-2-15-14(20)12-9-11(5-7-16-12)17(10-3-4-10)8-6-13(18)19/h5,7,9-10H,2-4,6,8H2,1H3,(H,15,20)(H,18,19). The SMILES string of the molecule is CCNC(=O)c1cc(N(CCC(=O)O)C2CC2)ccn1. The van der Waals surface area contributed by atoms with Gasteiger partial charge in [0.1, 0.15) is 5.69 Å². The summed E-state index contributed by atoms with van der Waals surface area (Å²) in [5, 5.41) is 11.5. The lowest BCUT2D eigenvalue weighted by atomic mass is 10.2. The van der Waals surface area contributed by atoms with Gasteiger partial charge in [-0.05, 0) is 31.9 Å². The Bertz CT molecular complexity index is 500. The van der Waals surface area contributed by atoms with Gasteiger partial charge >= 0.3 is 5.97 Å². The predicted octanol–water partition coefficient (Wildman–Crippen LogP) is 1.27. The average Bonchev–Trinajstić information content (AvgIpc) is 3.24. The van der Waals surface area contributed by atoms with E-state index in [1.807, 2.05) is 13.0 Å². The van der Waals surface area contributed by atoms with E-state index in [1.54, 1.807) is 12.3 Å². The number of carboxylic acid groups (broad SMARTS) is 1. The summed E-state index contributed by atoms with van der Waals surface area (Å²) in [6.07, 6.45) is 3.82. The number of hydrogen-bond acceptors (Lipinski definition) is 4. The molecule has 0 unspecified atom stereocenters. The van der Waals surface area contributed by atoms with Crippen LogP contribution in [0.2, 0.25) is 0 Å². The summed E-state index contributed by atoms with van der Waals surface area (Å²) in [6.45, 7) is 2.86. The molecule has 0 bridgehead atoms. The van der Waals surface area contributed by atoms with E-state index in [4.69, 9.17) is 5.11 Å². The normalized spacial score (nSPS) is 13.8. The van der Waals surface area contributed by atoms with Crippen LogP contribution in [-0.2, 0) is 4.79 Å². The molecule has 6 nitrogen and oxygen atoms in total. The fourth-order valence-electron chi connectivity index (χ4n) is 2.10. The van der Waals surface area contributed by atoms with Crippen LogP contribution in [-0.4, -0.2) is 41.1 Å². The number of pyridine rings is 1. The molecule has 1 aliphatic rings. The van der Waals surface area contributed by atoms with E-state index in [2.05, 4.69) is 15.2 Å². The lowest BCUT2D eigenvalue weighted by molar-refractivity contribution is -0.136. The molecule has 2 N–H and O–H groups in total. The molecule has 1 heterocycles. The van der Waals surface area contributed by atoms with E-state index >= 15 is 0 Å². The molecule has 108 valence electrons.